The molecule has 1 aliphatic heterocycles. The van der Waals surface area contributed by atoms with Crippen molar-refractivity contribution < 1.29 is 9.53 Å². The monoisotopic (exact) mass is 499 g/mol. The van der Waals surface area contributed by atoms with Crippen molar-refractivity contribution in [2.24, 2.45) is 0 Å². The van der Waals surface area contributed by atoms with Crippen LogP contribution >= 0.6 is 39.1 Å². The summed E-state index contributed by atoms with van der Waals surface area (Å²) in [6, 6.07) is 20.5. The number of carbonyl (C=O) groups is 1. The molecule has 3 aromatic rings. The Bertz CT molecular complexity index is 1190. The second-order valence-corrected chi connectivity index (χ2v) is 8.32. The topological polar surface area (TPSA) is 29.5 Å². The smallest absolute Gasteiger partial charge is 0.262 e. The number of benzene rings is 3. The third-order valence-electron chi connectivity index (χ3n) is 4.70. The number of hydrogen-bond acceptors (Lipinski definition) is 2. The average molecular weight is 501 g/mol. The number of rotatable bonds is 4. The van der Waals surface area contributed by atoms with E-state index in [0.29, 0.717) is 21.3 Å². The Labute approximate surface area is 193 Å². The number of carbonyl (C=O) groups excluding carboxylic acids is 1. The Morgan fingerprint density at radius 2 is 1.77 bits per heavy atom. The standard InChI is InChI=1S/C24H16BrCl2NO2/c1-30-23-10-7-15(12-19(23)25)11-17-13-22(16-5-3-2-4-6-16)28(24(17)29)21-9-8-18(26)14-20(21)27/h2-14H,1H3/b17-11+. The predicted molar refractivity (Wildman–Crippen MR) is 127 cm³/mol. The van der Waals surface area contributed by atoms with Crippen LogP contribution in [0, 0.1) is 0 Å². The Morgan fingerprint density at radius 3 is 2.43 bits per heavy atom. The Morgan fingerprint density at radius 1 is 1.00 bits per heavy atom. The van der Waals surface area contributed by atoms with E-state index < -0.39 is 0 Å². The molecule has 150 valence electrons. The molecule has 0 N–H and O–H groups in total. The average Bonchev–Trinajstić information content (AvgIpc) is 3.05. The molecule has 1 aliphatic rings. The summed E-state index contributed by atoms with van der Waals surface area (Å²) in [6.07, 6.45) is 3.72. The first-order valence-corrected chi connectivity index (χ1v) is 10.6. The minimum atomic E-state index is -0.162. The molecule has 0 unspecified atom stereocenters. The molecule has 0 fully saturated rings. The van der Waals surface area contributed by atoms with Gasteiger partial charge in [-0.3, -0.25) is 9.69 Å². The highest BCUT2D eigenvalue weighted by atomic mass is 79.9. The SMILES string of the molecule is COc1ccc(/C=C2\C=C(c3ccccc3)N(c3ccc(Cl)cc3Cl)C2=O)cc1Br. The molecule has 0 aromatic heterocycles. The molecule has 6 heteroatoms. The van der Waals surface area contributed by atoms with Crippen LogP contribution in [0.4, 0.5) is 5.69 Å². The maximum absolute atomic E-state index is 13.4. The van der Waals surface area contributed by atoms with Gasteiger partial charge in [0.1, 0.15) is 5.75 Å². The van der Waals surface area contributed by atoms with Crippen molar-refractivity contribution in [1.82, 2.24) is 0 Å². The van der Waals surface area contributed by atoms with Crippen LogP contribution in [-0.2, 0) is 4.79 Å². The van der Waals surface area contributed by atoms with Gasteiger partial charge in [0, 0.05) is 10.6 Å². The molecule has 0 saturated carbocycles. The summed E-state index contributed by atoms with van der Waals surface area (Å²) in [6.45, 7) is 0. The first-order valence-electron chi connectivity index (χ1n) is 9.10. The van der Waals surface area contributed by atoms with E-state index in [-0.39, 0.29) is 5.91 Å². The van der Waals surface area contributed by atoms with Crippen LogP contribution in [0.25, 0.3) is 11.8 Å². The second-order valence-electron chi connectivity index (χ2n) is 6.63. The quantitative estimate of drug-likeness (QED) is 0.353. The maximum atomic E-state index is 13.4. The lowest BCUT2D eigenvalue weighted by Crippen LogP contribution is -2.25. The summed E-state index contributed by atoms with van der Waals surface area (Å²) in [5.74, 6) is 0.565. The molecule has 0 atom stereocenters. The fraction of sp³-hybridized carbons (Fsp3) is 0.0417. The van der Waals surface area contributed by atoms with Gasteiger partial charge < -0.3 is 4.74 Å². The largest absolute Gasteiger partial charge is 0.496 e. The lowest BCUT2D eigenvalue weighted by molar-refractivity contribution is -0.113. The van der Waals surface area contributed by atoms with Crippen molar-refractivity contribution in [3.05, 3.63) is 104 Å². The predicted octanol–water partition coefficient (Wildman–Crippen LogP) is 7.24. The Balaban J connectivity index is 1.82. The van der Waals surface area contributed by atoms with Crippen molar-refractivity contribution in [2.45, 2.75) is 0 Å². The van der Waals surface area contributed by atoms with Crippen molar-refractivity contribution in [1.29, 1.82) is 0 Å². The minimum Gasteiger partial charge on any atom is -0.496 e. The van der Waals surface area contributed by atoms with E-state index in [1.165, 1.54) is 0 Å². The van der Waals surface area contributed by atoms with E-state index in [2.05, 4.69) is 15.9 Å². The maximum Gasteiger partial charge on any atom is 0.262 e. The number of amides is 1. The minimum absolute atomic E-state index is 0.162. The molecular weight excluding hydrogens is 485 g/mol. The Kier molecular flexibility index (Phi) is 6.00. The highest BCUT2D eigenvalue weighted by Gasteiger charge is 2.31. The molecule has 0 bridgehead atoms. The van der Waals surface area contributed by atoms with Crippen LogP contribution in [0.3, 0.4) is 0 Å². The highest BCUT2D eigenvalue weighted by molar-refractivity contribution is 9.10. The van der Waals surface area contributed by atoms with E-state index in [1.54, 1.807) is 30.2 Å². The van der Waals surface area contributed by atoms with Crippen LogP contribution < -0.4 is 9.64 Å². The van der Waals surface area contributed by atoms with Gasteiger partial charge in [0.2, 0.25) is 0 Å². The van der Waals surface area contributed by atoms with E-state index in [4.69, 9.17) is 27.9 Å². The van der Waals surface area contributed by atoms with E-state index in [9.17, 15) is 4.79 Å². The molecule has 1 heterocycles. The van der Waals surface area contributed by atoms with Gasteiger partial charge >= 0.3 is 0 Å². The zero-order valence-electron chi connectivity index (χ0n) is 15.9. The van der Waals surface area contributed by atoms with E-state index in [0.717, 1.165) is 27.0 Å². The van der Waals surface area contributed by atoms with E-state index in [1.807, 2.05) is 60.7 Å². The summed E-state index contributed by atoms with van der Waals surface area (Å²) in [5, 5.41) is 0.922. The summed E-state index contributed by atoms with van der Waals surface area (Å²) in [7, 11) is 1.61. The number of ether oxygens (including phenoxy) is 1. The normalized spacial score (nSPS) is 14.9. The van der Waals surface area contributed by atoms with Gasteiger partial charge in [-0.25, -0.2) is 0 Å². The van der Waals surface area contributed by atoms with Gasteiger partial charge in [0.05, 0.1) is 28.0 Å². The zero-order chi connectivity index (χ0) is 21.3. The lowest BCUT2D eigenvalue weighted by Gasteiger charge is -2.22. The molecule has 0 spiro atoms. The van der Waals surface area contributed by atoms with Crippen molar-refractivity contribution in [3.63, 3.8) is 0 Å². The molecule has 0 radical (unpaired) electrons. The highest BCUT2D eigenvalue weighted by Crippen LogP contribution is 2.39. The zero-order valence-corrected chi connectivity index (χ0v) is 19.0. The molecule has 1 amide bonds. The number of methoxy groups -OCH3 is 1. The molecule has 30 heavy (non-hydrogen) atoms. The second kappa shape index (κ2) is 8.68. The molecular formula is C24H16BrCl2NO2. The lowest BCUT2D eigenvalue weighted by atomic mass is 10.1. The number of halogens is 3. The van der Waals surface area contributed by atoms with Gasteiger partial charge in [-0.2, -0.15) is 0 Å². The first kappa shape index (κ1) is 20.7. The molecule has 0 saturated heterocycles. The van der Waals surface area contributed by atoms with Crippen molar-refractivity contribution >= 4 is 62.5 Å². The summed E-state index contributed by atoms with van der Waals surface area (Å²) >= 11 is 16.0. The number of hydrogen-bond donors (Lipinski definition) is 0. The van der Waals surface area contributed by atoms with Crippen LogP contribution in [-0.4, -0.2) is 13.0 Å². The summed E-state index contributed by atoms with van der Waals surface area (Å²) in [5.41, 5.74) is 3.68. The fourth-order valence-corrected chi connectivity index (χ4v) is 4.34. The summed E-state index contributed by atoms with van der Waals surface area (Å²) in [4.78, 5) is 15.0. The third-order valence-corrected chi connectivity index (χ3v) is 5.86. The van der Waals surface area contributed by atoms with Crippen LogP contribution in [0.1, 0.15) is 11.1 Å². The van der Waals surface area contributed by atoms with Gasteiger partial charge in [0.15, 0.2) is 0 Å². The molecule has 3 aromatic carbocycles. The molecule has 3 nitrogen and oxygen atoms in total. The van der Waals surface area contributed by atoms with Crippen molar-refractivity contribution in [2.75, 3.05) is 12.0 Å². The van der Waals surface area contributed by atoms with Crippen molar-refractivity contribution in [3.8, 4) is 5.75 Å². The van der Waals surface area contributed by atoms with Crippen LogP contribution in [0.5, 0.6) is 5.75 Å². The van der Waals surface area contributed by atoms with Crippen LogP contribution in [0.15, 0.2) is 82.9 Å². The van der Waals surface area contributed by atoms with Gasteiger partial charge in [-0.1, -0.05) is 59.6 Å². The van der Waals surface area contributed by atoms with Crippen LogP contribution in [0.2, 0.25) is 10.0 Å². The first-order chi connectivity index (χ1) is 14.5. The van der Waals surface area contributed by atoms with Gasteiger partial charge in [-0.15, -0.1) is 0 Å². The summed E-state index contributed by atoms with van der Waals surface area (Å²) < 4.78 is 6.10. The molecule has 0 aliphatic carbocycles. The van der Waals surface area contributed by atoms with E-state index >= 15 is 0 Å². The molecule has 4 rings (SSSR count). The fourth-order valence-electron chi connectivity index (χ4n) is 3.29. The van der Waals surface area contributed by atoms with Gasteiger partial charge in [-0.05, 0) is 69.5 Å². The van der Waals surface area contributed by atoms with Gasteiger partial charge in [0.25, 0.3) is 5.91 Å². The number of anilines is 1. The number of nitrogens with zero attached hydrogens (tertiary/aromatic N) is 1. The third kappa shape index (κ3) is 4.04. The Hall–Kier alpha value is -2.53.